The van der Waals surface area contributed by atoms with Gasteiger partial charge in [0.25, 0.3) is 0 Å². The number of esters is 1. The predicted molar refractivity (Wildman–Crippen MR) is 113 cm³/mol. The van der Waals surface area contributed by atoms with Gasteiger partial charge in [0, 0.05) is 7.12 Å². The van der Waals surface area contributed by atoms with Crippen LogP contribution in [-0.2, 0) is 14.3 Å². The van der Waals surface area contributed by atoms with E-state index in [0.29, 0.717) is 5.92 Å². The maximum atomic E-state index is 12.1. The van der Waals surface area contributed by atoms with E-state index in [0.717, 1.165) is 41.1 Å². The van der Waals surface area contributed by atoms with Crippen molar-refractivity contribution in [3.63, 3.8) is 0 Å². The van der Waals surface area contributed by atoms with Crippen LogP contribution in [0.2, 0.25) is 0 Å². The molecule has 28 heavy (non-hydrogen) atoms. The average Bonchev–Trinajstić information content (AvgIpc) is 3.04. The number of nitrogens with one attached hydrogen (secondary N) is 1. The van der Waals surface area contributed by atoms with Crippen molar-refractivity contribution in [2.24, 2.45) is 11.3 Å². The number of carbonyl (C=O) groups excluding carboxylic acids is 1. The van der Waals surface area contributed by atoms with E-state index in [9.17, 15) is 4.79 Å². The van der Waals surface area contributed by atoms with Gasteiger partial charge in [0.2, 0.25) is 5.95 Å². The minimum atomic E-state index is -0.560. The number of anilines is 1. The van der Waals surface area contributed by atoms with Crippen LogP contribution in [0.4, 0.5) is 5.95 Å². The summed E-state index contributed by atoms with van der Waals surface area (Å²) < 4.78 is 13.6. The number of rotatable bonds is 6. The number of carbonyl (C=O) groups is 1. The molecule has 154 valence electrons. The molecular formula is C22H33N3O3. The number of benzene rings is 1. The maximum Gasteiger partial charge on any atom is 0.313 e. The second-order valence-electron chi connectivity index (χ2n) is 8.34. The molecular weight excluding hydrogens is 354 g/mol. The van der Waals surface area contributed by atoms with Crippen molar-refractivity contribution in [3.8, 4) is 0 Å². The highest BCUT2D eigenvalue weighted by Crippen LogP contribution is 2.39. The van der Waals surface area contributed by atoms with E-state index >= 15 is 0 Å². The van der Waals surface area contributed by atoms with Gasteiger partial charge in [0.1, 0.15) is 0 Å². The van der Waals surface area contributed by atoms with Gasteiger partial charge < -0.3 is 14.8 Å². The first kappa shape index (κ1) is 20.4. The van der Waals surface area contributed by atoms with E-state index in [1.54, 1.807) is 0 Å². The topological polar surface area (TPSA) is 65.4 Å². The fourth-order valence-electron chi connectivity index (χ4n) is 3.41. The van der Waals surface area contributed by atoms with Crippen molar-refractivity contribution in [3.05, 3.63) is 35.5 Å². The fourth-order valence-corrected chi connectivity index (χ4v) is 3.41. The summed E-state index contributed by atoms with van der Waals surface area (Å²) in [6, 6.07) is 8.00. The van der Waals surface area contributed by atoms with Crippen molar-refractivity contribution in [1.29, 1.82) is 0 Å². The van der Waals surface area contributed by atoms with Crippen molar-refractivity contribution < 1.29 is 15.7 Å². The van der Waals surface area contributed by atoms with E-state index in [2.05, 4.69) is 30.7 Å². The summed E-state index contributed by atoms with van der Waals surface area (Å²) in [5, 5.41) is 3.54. The minimum Gasteiger partial charge on any atom is -0.438 e. The van der Waals surface area contributed by atoms with Crippen LogP contribution < -0.4 is 5.32 Å². The zero-order valence-electron chi connectivity index (χ0n) is 17.7. The Morgan fingerprint density at radius 3 is 2.68 bits per heavy atom. The predicted octanol–water partition coefficient (Wildman–Crippen LogP) is 5.48. The monoisotopic (exact) mass is 387 g/mol. The molecule has 0 bridgehead atoms. The standard InChI is InChI=1S/C22H31N3O3.H2/c1-7-14(3)18-15(8-2)19(27-13-28-20(26)22(4,5)6)25-17-12-10-9-11-16(17)23-21(25)24-18;/h9-12,14,19H,7-8,13H2,1-6H3,(H,23,24);1H. The molecule has 2 atom stereocenters. The highest BCUT2D eigenvalue weighted by Gasteiger charge is 2.32. The molecule has 2 aromatic rings. The van der Waals surface area contributed by atoms with Gasteiger partial charge in [0.15, 0.2) is 13.0 Å². The van der Waals surface area contributed by atoms with Gasteiger partial charge >= 0.3 is 5.97 Å². The zero-order valence-corrected chi connectivity index (χ0v) is 17.7. The van der Waals surface area contributed by atoms with E-state index in [4.69, 9.17) is 14.5 Å². The molecule has 0 saturated heterocycles. The average molecular weight is 388 g/mol. The Morgan fingerprint density at radius 1 is 1.32 bits per heavy atom. The molecule has 1 N–H and O–H groups in total. The van der Waals surface area contributed by atoms with Crippen LogP contribution in [0, 0.1) is 11.3 Å². The first-order valence-electron chi connectivity index (χ1n) is 10.0. The Hall–Kier alpha value is -2.34. The van der Waals surface area contributed by atoms with Crippen LogP contribution in [0.1, 0.15) is 62.0 Å². The van der Waals surface area contributed by atoms with Gasteiger partial charge in [0.05, 0.1) is 16.4 Å². The first-order valence-corrected chi connectivity index (χ1v) is 10.0. The van der Waals surface area contributed by atoms with Crippen molar-refractivity contribution >= 4 is 23.0 Å². The quantitative estimate of drug-likeness (QED) is 0.525. The number of para-hydroxylation sites is 2. The van der Waals surface area contributed by atoms with Gasteiger partial charge in [-0.05, 0) is 57.2 Å². The summed E-state index contributed by atoms with van der Waals surface area (Å²) in [5.74, 6) is 0.842. The van der Waals surface area contributed by atoms with Crippen LogP contribution in [0.25, 0.3) is 11.0 Å². The first-order chi connectivity index (χ1) is 13.3. The summed E-state index contributed by atoms with van der Waals surface area (Å²) in [6.07, 6.45) is 1.49. The van der Waals surface area contributed by atoms with Crippen LogP contribution in [0.3, 0.4) is 0 Å². The SMILES string of the molecule is CCC1=C(C(C)CC)Nc2nc3ccccc3n2C1OCOC(=O)C(C)(C)C.[HH]. The number of imidazole rings is 1. The second-order valence-corrected chi connectivity index (χ2v) is 8.34. The van der Waals surface area contributed by atoms with Gasteiger partial charge in [-0.15, -0.1) is 0 Å². The molecule has 1 aliphatic rings. The highest BCUT2D eigenvalue weighted by atomic mass is 16.7. The van der Waals surface area contributed by atoms with E-state index in [1.165, 1.54) is 0 Å². The Balaban J connectivity index is 0.00000300. The number of ether oxygens (including phenoxy) is 2. The molecule has 6 nitrogen and oxygen atoms in total. The fraction of sp³-hybridized carbons (Fsp3) is 0.545. The van der Waals surface area contributed by atoms with Crippen molar-refractivity contribution in [2.75, 3.05) is 12.1 Å². The molecule has 1 aromatic carbocycles. The number of hydrogen-bond donors (Lipinski definition) is 1. The summed E-state index contributed by atoms with van der Waals surface area (Å²) >= 11 is 0. The van der Waals surface area contributed by atoms with Gasteiger partial charge in [-0.2, -0.15) is 0 Å². The number of aromatic nitrogens is 2. The summed E-state index contributed by atoms with van der Waals surface area (Å²) in [6.45, 7) is 11.9. The van der Waals surface area contributed by atoms with Crippen LogP contribution in [-0.4, -0.2) is 22.3 Å². The number of nitrogens with zero attached hydrogens (tertiary/aromatic N) is 2. The Bertz CT molecular complexity index is 898. The van der Waals surface area contributed by atoms with E-state index in [1.807, 2.05) is 45.0 Å². The highest BCUT2D eigenvalue weighted by molar-refractivity contribution is 5.80. The second kappa shape index (κ2) is 7.95. The van der Waals surface area contributed by atoms with E-state index in [-0.39, 0.29) is 20.4 Å². The molecule has 3 rings (SSSR count). The molecule has 0 fully saturated rings. The Morgan fingerprint density at radius 2 is 2.04 bits per heavy atom. The summed E-state index contributed by atoms with van der Waals surface area (Å²) in [5.41, 5.74) is 3.66. The molecule has 2 unspecified atom stereocenters. The summed E-state index contributed by atoms with van der Waals surface area (Å²) in [4.78, 5) is 16.9. The molecule has 0 aliphatic carbocycles. The molecule has 0 saturated carbocycles. The van der Waals surface area contributed by atoms with Crippen LogP contribution in [0.5, 0.6) is 0 Å². The smallest absolute Gasteiger partial charge is 0.313 e. The minimum absolute atomic E-state index is 0. The van der Waals surface area contributed by atoms with E-state index < -0.39 is 5.41 Å². The Kier molecular flexibility index (Phi) is 5.79. The molecule has 1 aliphatic heterocycles. The summed E-state index contributed by atoms with van der Waals surface area (Å²) in [7, 11) is 0. The third kappa shape index (κ3) is 3.78. The van der Waals surface area contributed by atoms with Crippen molar-refractivity contribution in [2.45, 2.75) is 60.6 Å². The number of fused-ring (bicyclic) bond motifs is 3. The number of allylic oxidation sites excluding steroid dienone is 1. The third-order valence-electron chi connectivity index (χ3n) is 5.24. The molecule has 0 radical (unpaired) electrons. The zero-order chi connectivity index (χ0) is 20.5. The normalized spacial score (nSPS) is 18.0. The van der Waals surface area contributed by atoms with Gasteiger partial charge in [-0.3, -0.25) is 9.36 Å². The van der Waals surface area contributed by atoms with Crippen molar-refractivity contribution in [1.82, 2.24) is 9.55 Å². The molecule has 0 amide bonds. The largest absolute Gasteiger partial charge is 0.438 e. The lowest BCUT2D eigenvalue weighted by molar-refractivity contribution is -0.172. The van der Waals surface area contributed by atoms with Gasteiger partial charge in [-0.25, -0.2) is 4.98 Å². The molecule has 6 heteroatoms. The Labute approximate surface area is 168 Å². The van der Waals surface area contributed by atoms with Crippen LogP contribution in [0.15, 0.2) is 35.5 Å². The molecule has 0 spiro atoms. The maximum absolute atomic E-state index is 12.1. The lowest BCUT2D eigenvalue weighted by Gasteiger charge is -2.33. The third-order valence-corrected chi connectivity index (χ3v) is 5.24. The molecule has 2 heterocycles. The lowest BCUT2D eigenvalue weighted by atomic mass is 9.96. The lowest BCUT2D eigenvalue weighted by Crippen LogP contribution is -2.30. The van der Waals surface area contributed by atoms with Gasteiger partial charge in [-0.1, -0.05) is 32.9 Å². The molecule has 1 aromatic heterocycles. The van der Waals surface area contributed by atoms with Crippen LogP contribution >= 0.6 is 0 Å². The number of hydrogen-bond acceptors (Lipinski definition) is 5.